The van der Waals surface area contributed by atoms with Gasteiger partial charge in [0.05, 0.1) is 28.3 Å². The van der Waals surface area contributed by atoms with Gasteiger partial charge in [-0.2, -0.15) is 0 Å². The molecule has 1 aliphatic heterocycles. The lowest BCUT2D eigenvalue weighted by atomic mass is 10.1. The van der Waals surface area contributed by atoms with E-state index in [2.05, 4.69) is 11.8 Å². The number of morpholine rings is 1. The fraction of sp³-hybridized carbons (Fsp3) is 0.417. The number of halogens is 1. The van der Waals surface area contributed by atoms with Gasteiger partial charge in [0.1, 0.15) is 5.75 Å². The number of fused-ring (bicyclic) bond motifs is 1. The summed E-state index contributed by atoms with van der Waals surface area (Å²) in [6.07, 6.45) is 1.54. The molecular formula is C24H28ClN3O4S2. The number of sulfone groups is 1. The highest BCUT2D eigenvalue weighted by atomic mass is 35.5. The number of hydrogen-bond acceptors (Lipinski definition) is 7. The van der Waals surface area contributed by atoms with E-state index in [1.54, 1.807) is 0 Å². The molecule has 0 N–H and O–H groups in total. The average molecular weight is 522 g/mol. The fourth-order valence-electron chi connectivity index (χ4n) is 3.96. The molecule has 4 rings (SSSR count). The van der Waals surface area contributed by atoms with Crippen LogP contribution in [0.2, 0.25) is 5.02 Å². The highest BCUT2D eigenvalue weighted by Crippen LogP contribution is 2.31. The molecule has 0 bridgehead atoms. The number of nitrogens with zero attached hydrogens (tertiary/aromatic N) is 3. The topological polar surface area (TPSA) is 79.8 Å². The van der Waals surface area contributed by atoms with Crippen LogP contribution in [0.3, 0.4) is 0 Å². The first-order valence-corrected chi connectivity index (χ1v) is 14.2. The Bertz CT molecular complexity index is 1240. The van der Waals surface area contributed by atoms with E-state index in [1.165, 1.54) is 40.5 Å². The number of para-hydroxylation sites is 1. The highest BCUT2D eigenvalue weighted by molar-refractivity contribution is 7.92. The Kier molecular flexibility index (Phi) is 8.21. The van der Waals surface area contributed by atoms with Crippen molar-refractivity contribution in [3.8, 4) is 0 Å². The normalized spacial score (nSPS) is 15.0. The number of carbonyl (C=O) groups excluding carboxylic acids is 1. The number of rotatable bonds is 9. The maximum atomic E-state index is 13.4. The molecule has 34 heavy (non-hydrogen) atoms. The predicted octanol–water partition coefficient (Wildman–Crippen LogP) is 4.04. The maximum Gasteiger partial charge on any atom is 0.244 e. The van der Waals surface area contributed by atoms with Crippen molar-refractivity contribution in [3.63, 3.8) is 0 Å². The van der Waals surface area contributed by atoms with Crippen LogP contribution < -0.4 is 4.90 Å². The van der Waals surface area contributed by atoms with Crippen LogP contribution >= 0.6 is 22.9 Å². The van der Waals surface area contributed by atoms with Crippen LogP contribution in [0.5, 0.6) is 0 Å². The molecule has 0 aliphatic carbocycles. The Morgan fingerprint density at radius 2 is 1.91 bits per heavy atom. The number of ether oxygens (including phenoxy) is 1. The van der Waals surface area contributed by atoms with Gasteiger partial charge in [0, 0.05) is 31.2 Å². The minimum atomic E-state index is -3.82. The van der Waals surface area contributed by atoms with E-state index in [9.17, 15) is 13.2 Å². The maximum absolute atomic E-state index is 13.4. The predicted molar refractivity (Wildman–Crippen MR) is 137 cm³/mol. The third-order valence-electron chi connectivity index (χ3n) is 5.85. The zero-order chi connectivity index (χ0) is 24.1. The van der Waals surface area contributed by atoms with Crippen molar-refractivity contribution in [3.05, 3.63) is 53.1 Å². The van der Waals surface area contributed by atoms with Crippen LogP contribution in [0.4, 0.5) is 5.13 Å². The van der Waals surface area contributed by atoms with E-state index in [0.717, 1.165) is 41.8 Å². The first-order valence-electron chi connectivity index (χ1n) is 11.3. The number of benzene rings is 2. The minimum Gasteiger partial charge on any atom is -0.379 e. The lowest BCUT2D eigenvalue weighted by Crippen LogP contribution is -2.40. The molecule has 10 heteroatoms. The van der Waals surface area contributed by atoms with Crippen molar-refractivity contribution in [1.29, 1.82) is 0 Å². The van der Waals surface area contributed by atoms with Gasteiger partial charge in [-0.15, -0.1) is 0 Å². The molecule has 1 fully saturated rings. The first-order chi connectivity index (χ1) is 16.4. The van der Waals surface area contributed by atoms with Gasteiger partial charge < -0.3 is 4.74 Å². The summed E-state index contributed by atoms with van der Waals surface area (Å²) in [6.45, 7) is 6.41. The van der Waals surface area contributed by atoms with Gasteiger partial charge in [0.15, 0.2) is 15.0 Å². The average Bonchev–Trinajstić information content (AvgIpc) is 3.26. The number of amides is 1. The molecular weight excluding hydrogens is 494 g/mol. The standard InChI is InChI=1S/C24H28ClN3O4S2/c1-2-18-5-3-6-21-23(18)26-24(33-21)28(12-4-11-27-13-15-32-16-14-27)22(29)17-34(30,31)20-9-7-19(25)8-10-20/h3,5-10H,2,4,11-17H2,1H3. The van der Waals surface area contributed by atoms with Gasteiger partial charge in [-0.25, -0.2) is 13.4 Å². The molecule has 2 heterocycles. The molecule has 0 spiro atoms. The molecule has 1 saturated heterocycles. The number of anilines is 1. The van der Waals surface area contributed by atoms with E-state index in [-0.39, 0.29) is 4.90 Å². The quantitative estimate of drug-likeness (QED) is 0.423. The Labute approximate surface area is 209 Å². The summed E-state index contributed by atoms with van der Waals surface area (Å²) in [5.41, 5.74) is 1.98. The summed E-state index contributed by atoms with van der Waals surface area (Å²) >= 11 is 7.32. The second-order valence-electron chi connectivity index (χ2n) is 8.18. The largest absolute Gasteiger partial charge is 0.379 e. The summed E-state index contributed by atoms with van der Waals surface area (Å²) in [7, 11) is -3.82. The van der Waals surface area contributed by atoms with Gasteiger partial charge >= 0.3 is 0 Å². The Morgan fingerprint density at radius 3 is 2.62 bits per heavy atom. The zero-order valence-electron chi connectivity index (χ0n) is 19.1. The van der Waals surface area contributed by atoms with Crippen LogP contribution in [0.25, 0.3) is 10.2 Å². The van der Waals surface area contributed by atoms with Gasteiger partial charge in [-0.3, -0.25) is 14.6 Å². The van der Waals surface area contributed by atoms with Crippen LogP contribution in [-0.2, 0) is 25.8 Å². The van der Waals surface area contributed by atoms with Gasteiger partial charge in [-0.05, 0) is 48.7 Å². The first kappa shape index (κ1) is 25.1. The van der Waals surface area contributed by atoms with Crippen molar-refractivity contribution in [2.45, 2.75) is 24.7 Å². The molecule has 2 aromatic carbocycles. The van der Waals surface area contributed by atoms with Crippen LogP contribution in [0, 0.1) is 0 Å². The van der Waals surface area contributed by atoms with E-state index < -0.39 is 21.5 Å². The number of hydrogen-bond donors (Lipinski definition) is 0. The number of aryl methyl sites for hydroxylation is 1. The van der Waals surface area contributed by atoms with Crippen molar-refractivity contribution in [2.75, 3.05) is 50.0 Å². The van der Waals surface area contributed by atoms with Gasteiger partial charge in [0.25, 0.3) is 0 Å². The fourth-order valence-corrected chi connectivity index (χ4v) is 6.35. The minimum absolute atomic E-state index is 0.0797. The lowest BCUT2D eigenvalue weighted by molar-refractivity contribution is -0.116. The van der Waals surface area contributed by atoms with Crippen molar-refractivity contribution < 1.29 is 17.9 Å². The number of aromatic nitrogens is 1. The molecule has 182 valence electrons. The summed E-state index contributed by atoms with van der Waals surface area (Å²) in [5.74, 6) is -1.10. The molecule has 1 amide bonds. The number of carbonyl (C=O) groups is 1. The van der Waals surface area contributed by atoms with E-state index >= 15 is 0 Å². The van der Waals surface area contributed by atoms with Crippen LogP contribution in [-0.4, -0.2) is 69.4 Å². The van der Waals surface area contributed by atoms with Crippen molar-refractivity contribution >= 4 is 54.0 Å². The summed E-state index contributed by atoms with van der Waals surface area (Å²) in [5, 5.41) is 0.977. The second kappa shape index (κ2) is 11.1. The zero-order valence-corrected chi connectivity index (χ0v) is 21.5. The summed E-state index contributed by atoms with van der Waals surface area (Å²) in [6, 6.07) is 11.9. The highest BCUT2D eigenvalue weighted by Gasteiger charge is 2.27. The Morgan fingerprint density at radius 1 is 1.18 bits per heavy atom. The molecule has 3 aromatic rings. The molecule has 0 radical (unpaired) electrons. The monoisotopic (exact) mass is 521 g/mol. The number of thiazole rings is 1. The molecule has 0 saturated carbocycles. The molecule has 1 aromatic heterocycles. The van der Waals surface area contributed by atoms with Crippen molar-refractivity contribution in [1.82, 2.24) is 9.88 Å². The Hall–Kier alpha value is -2.04. The van der Waals surface area contributed by atoms with E-state index in [1.807, 2.05) is 18.2 Å². The smallest absolute Gasteiger partial charge is 0.244 e. The van der Waals surface area contributed by atoms with Gasteiger partial charge in [-0.1, -0.05) is 42.0 Å². The third kappa shape index (κ3) is 5.95. The molecule has 0 atom stereocenters. The molecule has 7 nitrogen and oxygen atoms in total. The SMILES string of the molecule is CCc1cccc2sc(N(CCCN3CCOCC3)C(=O)CS(=O)(=O)c3ccc(Cl)cc3)nc12. The molecule has 1 aliphatic rings. The second-order valence-corrected chi connectivity index (χ2v) is 11.6. The van der Waals surface area contributed by atoms with Crippen LogP contribution in [0.1, 0.15) is 18.9 Å². The van der Waals surface area contributed by atoms with Crippen molar-refractivity contribution in [2.24, 2.45) is 0 Å². The third-order valence-corrected chi connectivity index (χ3v) is 8.76. The van der Waals surface area contributed by atoms with E-state index in [0.29, 0.717) is 36.3 Å². The summed E-state index contributed by atoms with van der Waals surface area (Å²) in [4.78, 5) is 22.0. The summed E-state index contributed by atoms with van der Waals surface area (Å²) < 4.78 is 32.3. The lowest BCUT2D eigenvalue weighted by Gasteiger charge is -2.27. The van der Waals surface area contributed by atoms with Crippen LogP contribution in [0.15, 0.2) is 47.4 Å². The van der Waals surface area contributed by atoms with Gasteiger partial charge in [0.2, 0.25) is 5.91 Å². The molecule has 0 unspecified atom stereocenters. The van der Waals surface area contributed by atoms with E-state index in [4.69, 9.17) is 21.3 Å². The Balaban J connectivity index is 1.57.